The number of aromatic nitrogens is 2. The molecule has 2 aromatic rings. The van der Waals surface area contributed by atoms with Gasteiger partial charge in [0, 0.05) is 36.7 Å². The molecular formula is C18H23N3O. The first-order chi connectivity index (χ1) is 10.7. The molecule has 116 valence electrons. The zero-order valence-corrected chi connectivity index (χ0v) is 13.3. The first kappa shape index (κ1) is 14.8. The van der Waals surface area contributed by atoms with Gasteiger partial charge in [-0.2, -0.15) is 5.10 Å². The normalized spacial score (nSPS) is 16.0. The van der Waals surface area contributed by atoms with E-state index in [0.29, 0.717) is 12.3 Å². The highest BCUT2D eigenvalue weighted by molar-refractivity contribution is 5.76. The van der Waals surface area contributed by atoms with Gasteiger partial charge in [-0.1, -0.05) is 36.8 Å². The quantitative estimate of drug-likeness (QED) is 0.942. The predicted octanol–water partition coefficient (Wildman–Crippen LogP) is 3.50. The number of rotatable bonds is 3. The van der Waals surface area contributed by atoms with Crippen molar-refractivity contribution in [1.29, 1.82) is 0 Å². The number of aromatic amines is 1. The number of aryl methyl sites for hydroxylation is 1. The zero-order valence-electron chi connectivity index (χ0n) is 13.3. The number of hydrogen-bond acceptors (Lipinski definition) is 2. The number of carbonyl (C=O) groups excluding carboxylic acids is 1. The summed E-state index contributed by atoms with van der Waals surface area (Å²) in [6, 6.07) is 8.53. The lowest BCUT2D eigenvalue weighted by Crippen LogP contribution is -2.37. The van der Waals surface area contributed by atoms with Crippen LogP contribution >= 0.6 is 0 Å². The van der Waals surface area contributed by atoms with Gasteiger partial charge in [-0.15, -0.1) is 0 Å². The lowest BCUT2D eigenvalue weighted by Gasteiger charge is -2.31. The van der Waals surface area contributed by atoms with Gasteiger partial charge in [0.25, 0.3) is 0 Å². The molecule has 4 nitrogen and oxygen atoms in total. The topological polar surface area (TPSA) is 49.0 Å². The van der Waals surface area contributed by atoms with Crippen molar-refractivity contribution in [1.82, 2.24) is 15.1 Å². The molecule has 0 aliphatic carbocycles. The standard InChI is InChI=1S/C18H23N3O/c1-3-17(22)21-9-7-14(8-10-21)18-16(12-19-20-18)15-6-4-5-13(2)11-15/h4-6,11-12,14H,3,7-10H2,1-2H3,(H,19,20). The van der Waals surface area contributed by atoms with Crippen molar-refractivity contribution in [3.63, 3.8) is 0 Å². The number of H-pyrrole nitrogens is 1. The number of amides is 1. The van der Waals surface area contributed by atoms with E-state index in [1.54, 1.807) is 0 Å². The maximum atomic E-state index is 11.8. The molecule has 1 fully saturated rings. The maximum Gasteiger partial charge on any atom is 0.222 e. The summed E-state index contributed by atoms with van der Waals surface area (Å²) < 4.78 is 0. The number of carbonyl (C=O) groups is 1. The van der Waals surface area contributed by atoms with Gasteiger partial charge in [0.1, 0.15) is 0 Å². The summed E-state index contributed by atoms with van der Waals surface area (Å²) in [5.41, 5.74) is 4.89. The van der Waals surface area contributed by atoms with Crippen molar-refractivity contribution in [2.75, 3.05) is 13.1 Å². The molecule has 1 aromatic heterocycles. The Bertz CT molecular complexity index is 654. The second-order valence-corrected chi connectivity index (χ2v) is 6.08. The van der Waals surface area contributed by atoms with E-state index in [1.165, 1.54) is 22.4 Å². The molecule has 1 aromatic carbocycles. The molecule has 22 heavy (non-hydrogen) atoms. The molecule has 0 unspecified atom stereocenters. The van der Waals surface area contributed by atoms with E-state index in [0.717, 1.165) is 25.9 Å². The van der Waals surface area contributed by atoms with Crippen LogP contribution in [0.15, 0.2) is 30.5 Å². The average molecular weight is 297 g/mol. The van der Waals surface area contributed by atoms with Crippen LogP contribution in [-0.4, -0.2) is 34.1 Å². The number of piperidine rings is 1. The summed E-state index contributed by atoms with van der Waals surface area (Å²) in [5, 5.41) is 7.47. The second kappa shape index (κ2) is 6.34. The van der Waals surface area contributed by atoms with E-state index in [4.69, 9.17) is 0 Å². The van der Waals surface area contributed by atoms with Crippen molar-refractivity contribution in [3.05, 3.63) is 41.7 Å². The van der Waals surface area contributed by atoms with Crippen molar-refractivity contribution in [2.24, 2.45) is 0 Å². The third kappa shape index (κ3) is 2.91. The summed E-state index contributed by atoms with van der Waals surface area (Å²) in [6.07, 6.45) is 4.54. The van der Waals surface area contributed by atoms with Crippen LogP contribution in [0.1, 0.15) is 43.4 Å². The van der Waals surface area contributed by atoms with E-state index >= 15 is 0 Å². The Balaban J connectivity index is 1.78. The Morgan fingerprint density at radius 2 is 2.14 bits per heavy atom. The molecule has 1 aliphatic heterocycles. The van der Waals surface area contributed by atoms with E-state index < -0.39 is 0 Å². The molecule has 2 heterocycles. The minimum Gasteiger partial charge on any atom is -0.343 e. The molecule has 1 aliphatic rings. The molecule has 3 rings (SSSR count). The van der Waals surface area contributed by atoms with Crippen molar-refractivity contribution >= 4 is 5.91 Å². The maximum absolute atomic E-state index is 11.8. The summed E-state index contributed by atoms with van der Waals surface area (Å²) in [7, 11) is 0. The van der Waals surface area contributed by atoms with Crippen LogP contribution in [0, 0.1) is 6.92 Å². The average Bonchev–Trinajstić information content (AvgIpc) is 3.04. The van der Waals surface area contributed by atoms with Crippen LogP contribution in [0.2, 0.25) is 0 Å². The third-order valence-electron chi connectivity index (χ3n) is 4.56. The summed E-state index contributed by atoms with van der Waals surface area (Å²) in [4.78, 5) is 13.8. The fourth-order valence-corrected chi connectivity index (χ4v) is 3.29. The Morgan fingerprint density at radius 1 is 1.36 bits per heavy atom. The third-order valence-corrected chi connectivity index (χ3v) is 4.56. The highest BCUT2D eigenvalue weighted by Gasteiger charge is 2.26. The van der Waals surface area contributed by atoms with Crippen molar-refractivity contribution in [2.45, 2.75) is 39.0 Å². The van der Waals surface area contributed by atoms with Crippen LogP contribution in [-0.2, 0) is 4.79 Å². The minimum absolute atomic E-state index is 0.266. The molecule has 4 heteroatoms. The highest BCUT2D eigenvalue weighted by atomic mass is 16.2. The van der Waals surface area contributed by atoms with Crippen LogP contribution in [0.5, 0.6) is 0 Å². The Labute approximate surface area is 131 Å². The Hall–Kier alpha value is -2.10. The number of hydrogen-bond donors (Lipinski definition) is 1. The summed E-state index contributed by atoms with van der Waals surface area (Å²) >= 11 is 0. The molecule has 1 N–H and O–H groups in total. The molecule has 1 saturated heterocycles. The monoisotopic (exact) mass is 297 g/mol. The van der Waals surface area contributed by atoms with Gasteiger partial charge >= 0.3 is 0 Å². The molecule has 0 spiro atoms. The second-order valence-electron chi connectivity index (χ2n) is 6.08. The van der Waals surface area contributed by atoms with Crippen LogP contribution in [0.4, 0.5) is 0 Å². The fourth-order valence-electron chi connectivity index (χ4n) is 3.29. The SMILES string of the molecule is CCC(=O)N1CCC(c2[nH]ncc2-c2cccc(C)c2)CC1. The number of nitrogens with zero attached hydrogens (tertiary/aromatic N) is 2. The van der Waals surface area contributed by atoms with Crippen molar-refractivity contribution in [3.8, 4) is 11.1 Å². The lowest BCUT2D eigenvalue weighted by molar-refractivity contribution is -0.131. The fraction of sp³-hybridized carbons (Fsp3) is 0.444. The summed E-state index contributed by atoms with van der Waals surface area (Å²) in [5.74, 6) is 0.723. The van der Waals surface area contributed by atoms with Gasteiger partial charge < -0.3 is 4.90 Å². The van der Waals surface area contributed by atoms with Gasteiger partial charge in [-0.3, -0.25) is 9.89 Å². The van der Waals surface area contributed by atoms with Crippen LogP contribution < -0.4 is 0 Å². The van der Waals surface area contributed by atoms with E-state index in [2.05, 4.69) is 41.4 Å². The lowest BCUT2D eigenvalue weighted by atomic mass is 9.89. The van der Waals surface area contributed by atoms with E-state index in [9.17, 15) is 4.79 Å². The van der Waals surface area contributed by atoms with Gasteiger partial charge in [-0.25, -0.2) is 0 Å². The van der Waals surface area contributed by atoms with Crippen molar-refractivity contribution < 1.29 is 4.79 Å². The first-order valence-corrected chi connectivity index (χ1v) is 8.07. The van der Waals surface area contributed by atoms with Crippen LogP contribution in [0.25, 0.3) is 11.1 Å². The molecule has 0 atom stereocenters. The Kier molecular flexibility index (Phi) is 4.27. The van der Waals surface area contributed by atoms with Gasteiger partial charge in [-0.05, 0) is 25.3 Å². The number of likely N-dealkylation sites (tertiary alicyclic amines) is 1. The smallest absolute Gasteiger partial charge is 0.222 e. The molecule has 0 saturated carbocycles. The van der Waals surface area contributed by atoms with Crippen LogP contribution in [0.3, 0.4) is 0 Å². The molecule has 0 bridgehead atoms. The summed E-state index contributed by atoms with van der Waals surface area (Å²) in [6.45, 7) is 5.74. The number of nitrogens with one attached hydrogen (secondary N) is 1. The van der Waals surface area contributed by atoms with E-state index in [1.807, 2.05) is 18.0 Å². The first-order valence-electron chi connectivity index (χ1n) is 8.07. The minimum atomic E-state index is 0.266. The zero-order chi connectivity index (χ0) is 15.5. The van der Waals surface area contributed by atoms with E-state index in [-0.39, 0.29) is 5.91 Å². The predicted molar refractivity (Wildman–Crippen MR) is 87.6 cm³/mol. The molecule has 0 radical (unpaired) electrons. The van der Waals surface area contributed by atoms with Gasteiger partial charge in [0.15, 0.2) is 0 Å². The molecule has 1 amide bonds. The Morgan fingerprint density at radius 3 is 2.82 bits per heavy atom. The molecular weight excluding hydrogens is 274 g/mol. The largest absolute Gasteiger partial charge is 0.343 e. The van der Waals surface area contributed by atoms with Gasteiger partial charge in [0.05, 0.1) is 6.20 Å². The number of benzene rings is 1. The highest BCUT2D eigenvalue weighted by Crippen LogP contribution is 2.34. The van der Waals surface area contributed by atoms with Gasteiger partial charge in [0.2, 0.25) is 5.91 Å².